The van der Waals surface area contributed by atoms with Crippen LogP contribution in [0.15, 0.2) is 77.7 Å². The minimum absolute atomic E-state index is 0.0470. The second-order valence-corrected chi connectivity index (χ2v) is 10.4. The molecule has 1 atom stereocenters. The number of amides is 2. The molecule has 3 aromatic rings. The van der Waals surface area contributed by atoms with Gasteiger partial charge >= 0.3 is 0 Å². The molecule has 0 spiro atoms. The zero-order valence-corrected chi connectivity index (χ0v) is 22.1. The van der Waals surface area contributed by atoms with E-state index in [9.17, 15) is 22.4 Å². The van der Waals surface area contributed by atoms with Crippen LogP contribution in [0.25, 0.3) is 0 Å². The summed E-state index contributed by atoms with van der Waals surface area (Å²) in [5.74, 6) is -1.38. The first-order chi connectivity index (χ1) is 17.6. The van der Waals surface area contributed by atoms with E-state index in [1.165, 1.54) is 80.6 Å². The van der Waals surface area contributed by atoms with Gasteiger partial charge < -0.3 is 15.0 Å². The molecular weight excluding hydrogens is 521 g/mol. The zero-order chi connectivity index (χ0) is 27.2. The van der Waals surface area contributed by atoms with Gasteiger partial charge in [-0.15, -0.1) is 0 Å². The number of carbonyl (C=O) groups excluding carboxylic acids is 2. The second kappa shape index (κ2) is 12.1. The molecule has 196 valence electrons. The Hall–Kier alpha value is -3.63. The van der Waals surface area contributed by atoms with E-state index in [0.29, 0.717) is 5.56 Å². The summed E-state index contributed by atoms with van der Waals surface area (Å²) < 4.78 is 47.2. The molecule has 0 aliphatic carbocycles. The SMILES string of the molecule is CNC(=O)C(C)N(Cc1ccc(F)cc1)C(=O)CN(c1cc(Cl)ccc1OC)S(=O)(=O)c1ccccc1. The average Bonchev–Trinajstić information content (AvgIpc) is 2.90. The topological polar surface area (TPSA) is 96.0 Å². The van der Waals surface area contributed by atoms with Crippen molar-refractivity contribution in [1.82, 2.24) is 10.2 Å². The van der Waals surface area contributed by atoms with Crippen LogP contribution in [0.1, 0.15) is 12.5 Å². The molecule has 8 nitrogen and oxygen atoms in total. The second-order valence-electron chi connectivity index (χ2n) is 8.08. The Morgan fingerprint density at radius 3 is 2.30 bits per heavy atom. The van der Waals surface area contributed by atoms with Crippen molar-refractivity contribution >= 4 is 39.1 Å². The van der Waals surface area contributed by atoms with E-state index in [1.54, 1.807) is 18.2 Å². The van der Waals surface area contributed by atoms with Crippen LogP contribution >= 0.6 is 11.6 Å². The fraction of sp³-hybridized carbons (Fsp3) is 0.231. The summed E-state index contributed by atoms with van der Waals surface area (Å²) in [7, 11) is -1.46. The maximum absolute atomic E-state index is 13.8. The summed E-state index contributed by atoms with van der Waals surface area (Å²) in [6.07, 6.45) is 0. The number of anilines is 1. The van der Waals surface area contributed by atoms with Crippen molar-refractivity contribution in [3.63, 3.8) is 0 Å². The molecule has 0 heterocycles. The third-order valence-corrected chi connectivity index (χ3v) is 7.71. The summed E-state index contributed by atoms with van der Waals surface area (Å²) in [6.45, 7) is 0.812. The van der Waals surface area contributed by atoms with Crippen molar-refractivity contribution in [3.8, 4) is 5.75 Å². The van der Waals surface area contributed by atoms with Crippen molar-refractivity contribution in [2.75, 3.05) is 25.0 Å². The van der Waals surface area contributed by atoms with Gasteiger partial charge in [-0.05, 0) is 55.0 Å². The van der Waals surface area contributed by atoms with Gasteiger partial charge in [0.15, 0.2) is 0 Å². The zero-order valence-electron chi connectivity index (χ0n) is 20.5. The number of benzene rings is 3. The predicted octanol–water partition coefficient (Wildman–Crippen LogP) is 3.85. The Morgan fingerprint density at radius 1 is 1.05 bits per heavy atom. The lowest BCUT2D eigenvalue weighted by Crippen LogP contribution is -2.50. The summed E-state index contributed by atoms with van der Waals surface area (Å²) in [4.78, 5) is 27.4. The first kappa shape index (κ1) is 27.9. The van der Waals surface area contributed by atoms with Gasteiger partial charge in [0.2, 0.25) is 11.8 Å². The summed E-state index contributed by atoms with van der Waals surface area (Å²) in [6, 6.07) is 16.6. The van der Waals surface area contributed by atoms with Crippen LogP contribution in [0, 0.1) is 5.82 Å². The van der Waals surface area contributed by atoms with E-state index in [1.807, 2.05) is 0 Å². The Labute approximate surface area is 220 Å². The number of methoxy groups -OCH3 is 1. The highest BCUT2D eigenvalue weighted by Crippen LogP contribution is 2.35. The molecule has 0 aromatic heterocycles. The molecule has 1 unspecified atom stereocenters. The maximum Gasteiger partial charge on any atom is 0.264 e. The minimum atomic E-state index is -4.26. The predicted molar refractivity (Wildman–Crippen MR) is 139 cm³/mol. The number of rotatable bonds is 10. The highest BCUT2D eigenvalue weighted by Gasteiger charge is 2.33. The quantitative estimate of drug-likeness (QED) is 0.416. The molecule has 0 bridgehead atoms. The number of likely N-dealkylation sites (N-methyl/N-ethyl adjacent to an activating group) is 1. The van der Waals surface area contributed by atoms with Gasteiger partial charge in [-0.2, -0.15) is 0 Å². The monoisotopic (exact) mass is 547 g/mol. The van der Waals surface area contributed by atoms with Crippen molar-refractivity contribution in [2.45, 2.75) is 24.4 Å². The van der Waals surface area contributed by atoms with E-state index in [0.717, 1.165) is 4.31 Å². The van der Waals surface area contributed by atoms with Crippen molar-refractivity contribution in [3.05, 3.63) is 89.2 Å². The van der Waals surface area contributed by atoms with E-state index >= 15 is 0 Å². The van der Waals surface area contributed by atoms with E-state index < -0.39 is 40.2 Å². The van der Waals surface area contributed by atoms with Gasteiger partial charge in [0, 0.05) is 18.6 Å². The first-order valence-electron chi connectivity index (χ1n) is 11.2. The van der Waals surface area contributed by atoms with Crippen LogP contribution < -0.4 is 14.4 Å². The molecule has 3 aromatic carbocycles. The lowest BCUT2D eigenvalue weighted by atomic mass is 10.1. The van der Waals surface area contributed by atoms with Gasteiger partial charge in [0.25, 0.3) is 10.0 Å². The van der Waals surface area contributed by atoms with Crippen molar-refractivity contribution in [2.24, 2.45) is 0 Å². The Balaban J connectivity index is 2.09. The van der Waals surface area contributed by atoms with Gasteiger partial charge in [-0.25, -0.2) is 12.8 Å². The summed E-state index contributed by atoms with van der Waals surface area (Å²) >= 11 is 6.19. The number of halogens is 2. The van der Waals surface area contributed by atoms with Crippen LogP contribution in [0.4, 0.5) is 10.1 Å². The molecule has 0 saturated carbocycles. The van der Waals surface area contributed by atoms with Gasteiger partial charge in [-0.1, -0.05) is 41.9 Å². The molecule has 37 heavy (non-hydrogen) atoms. The van der Waals surface area contributed by atoms with Gasteiger partial charge in [-0.3, -0.25) is 13.9 Å². The highest BCUT2D eigenvalue weighted by molar-refractivity contribution is 7.92. The Kier molecular flexibility index (Phi) is 9.12. The first-order valence-corrected chi connectivity index (χ1v) is 13.1. The molecule has 3 rings (SSSR count). The molecule has 2 amide bonds. The van der Waals surface area contributed by atoms with Crippen LogP contribution in [-0.4, -0.2) is 51.9 Å². The average molecular weight is 548 g/mol. The number of hydrogen-bond donors (Lipinski definition) is 1. The standard InChI is InChI=1S/C26H27ClFN3O5S/c1-18(26(33)29-2)30(16-19-9-12-21(28)13-10-19)25(32)17-31(23-15-20(27)11-14-24(23)36-3)37(34,35)22-7-5-4-6-8-22/h4-15,18H,16-17H2,1-3H3,(H,29,33). The number of nitrogens with one attached hydrogen (secondary N) is 1. The highest BCUT2D eigenvalue weighted by atomic mass is 35.5. The molecular formula is C26H27ClFN3O5S. The van der Waals surface area contributed by atoms with E-state index in [-0.39, 0.29) is 27.9 Å². The van der Waals surface area contributed by atoms with E-state index in [2.05, 4.69) is 5.32 Å². The van der Waals surface area contributed by atoms with Crippen molar-refractivity contribution < 1.29 is 27.1 Å². The third kappa shape index (κ3) is 6.58. The molecule has 1 N–H and O–H groups in total. The number of nitrogens with zero attached hydrogens (tertiary/aromatic N) is 2. The van der Waals surface area contributed by atoms with E-state index in [4.69, 9.17) is 16.3 Å². The maximum atomic E-state index is 13.8. The van der Waals surface area contributed by atoms with Gasteiger partial charge in [0.1, 0.15) is 24.2 Å². The Morgan fingerprint density at radius 2 is 1.70 bits per heavy atom. The molecule has 0 aliphatic heterocycles. The van der Waals surface area contributed by atoms with Gasteiger partial charge in [0.05, 0.1) is 17.7 Å². The lowest BCUT2D eigenvalue weighted by Gasteiger charge is -2.32. The molecule has 11 heteroatoms. The normalized spacial score (nSPS) is 11.9. The largest absolute Gasteiger partial charge is 0.495 e. The lowest BCUT2D eigenvalue weighted by molar-refractivity contribution is -0.139. The molecule has 0 fully saturated rings. The molecule has 0 saturated heterocycles. The Bertz CT molecular complexity index is 1350. The van der Waals surface area contributed by atoms with Crippen LogP contribution in [0.3, 0.4) is 0 Å². The smallest absolute Gasteiger partial charge is 0.264 e. The minimum Gasteiger partial charge on any atom is -0.495 e. The fourth-order valence-electron chi connectivity index (χ4n) is 3.67. The third-order valence-electron chi connectivity index (χ3n) is 5.70. The van der Waals surface area contributed by atoms with Crippen LogP contribution in [-0.2, 0) is 26.2 Å². The number of sulfonamides is 1. The fourth-order valence-corrected chi connectivity index (χ4v) is 5.27. The number of carbonyl (C=O) groups is 2. The number of ether oxygens (including phenoxy) is 1. The summed E-state index contributed by atoms with van der Waals surface area (Å²) in [5, 5.41) is 2.73. The summed E-state index contributed by atoms with van der Waals surface area (Å²) in [5.41, 5.74) is 0.616. The van der Waals surface area contributed by atoms with Crippen molar-refractivity contribution in [1.29, 1.82) is 0 Å². The molecule has 0 radical (unpaired) electrons. The number of hydrogen-bond acceptors (Lipinski definition) is 5. The van der Waals surface area contributed by atoms with Crippen LogP contribution in [0.2, 0.25) is 5.02 Å². The molecule has 0 aliphatic rings. The van der Waals surface area contributed by atoms with Crippen LogP contribution in [0.5, 0.6) is 5.75 Å².